The van der Waals surface area contributed by atoms with Gasteiger partial charge in [-0.15, -0.1) is 0 Å². The number of ether oxygens (including phenoxy) is 1. The maximum absolute atomic E-state index is 13.1. The third-order valence-electron chi connectivity index (χ3n) is 7.63. The van der Waals surface area contributed by atoms with Crippen LogP contribution < -0.4 is 5.32 Å². The predicted octanol–water partition coefficient (Wildman–Crippen LogP) is 4.55. The summed E-state index contributed by atoms with van der Waals surface area (Å²) in [6.07, 6.45) is 4.17. The molecule has 184 valence electrons. The number of nitrogens with one attached hydrogen (secondary N) is 1. The van der Waals surface area contributed by atoms with Crippen molar-refractivity contribution in [3.63, 3.8) is 0 Å². The molecule has 0 radical (unpaired) electrons. The first-order valence-corrected chi connectivity index (χ1v) is 12.6. The molecule has 7 heteroatoms. The second-order valence-corrected chi connectivity index (χ2v) is 10.2. The van der Waals surface area contributed by atoms with Gasteiger partial charge in [0.05, 0.1) is 18.4 Å². The summed E-state index contributed by atoms with van der Waals surface area (Å²) >= 11 is 0. The van der Waals surface area contributed by atoms with Crippen molar-refractivity contribution in [3.8, 4) is 11.1 Å². The number of hydrogen-bond donors (Lipinski definition) is 2. The van der Waals surface area contributed by atoms with Gasteiger partial charge in [0.25, 0.3) is 0 Å². The SMILES string of the molecule is O=C(O)CCN(CC1CC1)C(=O)CC1(NC(=O)OCC2c3ccccc3-c3ccccc32)CCC1. The van der Waals surface area contributed by atoms with Crippen LogP contribution in [0.2, 0.25) is 0 Å². The van der Waals surface area contributed by atoms with E-state index in [1.165, 1.54) is 11.1 Å². The molecule has 0 atom stereocenters. The number of carboxylic acid groups (broad SMARTS) is 1. The molecule has 7 nitrogen and oxygen atoms in total. The quantitative estimate of drug-likeness (QED) is 0.524. The van der Waals surface area contributed by atoms with Crippen LogP contribution in [0.1, 0.15) is 62.0 Å². The topological polar surface area (TPSA) is 95.9 Å². The highest BCUT2D eigenvalue weighted by molar-refractivity contribution is 5.81. The number of fused-ring (bicyclic) bond motifs is 3. The Labute approximate surface area is 205 Å². The highest BCUT2D eigenvalue weighted by Gasteiger charge is 2.42. The molecule has 5 rings (SSSR count). The molecule has 2 fully saturated rings. The van der Waals surface area contributed by atoms with Gasteiger partial charge in [-0.1, -0.05) is 48.5 Å². The molecule has 2 saturated carbocycles. The average molecular weight is 477 g/mol. The van der Waals surface area contributed by atoms with Gasteiger partial charge in [-0.2, -0.15) is 0 Å². The lowest BCUT2D eigenvalue weighted by Gasteiger charge is -2.42. The third-order valence-corrected chi connectivity index (χ3v) is 7.63. The molecule has 2 amide bonds. The van der Waals surface area contributed by atoms with E-state index in [2.05, 4.69) is 29.6 Å². The van der Waals surface area contributed by atoms with Crippen LogP contribution in [0.5, 0.6) is 0 Å². The van der Waals surface area contributed by atoms with Crippen LogP contribution in [0.4, 0.5) is 4.79 Å². The summed E-state index contributed by atoms with van der Waals surface area (Å²) < 4.78 is 5.71. The molecule has 2 N–H and O–H groups in total. The molecule has 0 aromatic heterocycles. The van der Waals surface area contributed by atoms with E-state index in [4.69, 9.17) is 9.84 Å². The molecular weight excluding hydrogens is 444 g/mol. The van der Waals surface area contributed by atoms with Gasteiger partial charge in [0.2, 0.25) is 5.91 Å². The molecule has 0 bridgehead atoms. The van der Waals surface area contributed by atoms with Crippen LogP contribution in [-0.2, 0) is 14.3 Å². The van der Waals surface area contributed by atoms with E-state index in [-0.39, 0.29) is 37.8 Å². The average Bonchev–Trinajstić information content (AvgIpc) is 3.59. The molecule has 2 aromatic carbocycles. The number of hydrogen-bond acceptors (Lipinski definition) is 4. The van der Waals surface area contributed by atoms with Crippen LogP contribution in [0.15, 0.2) is 48.5 Å². The van der Waals surface area contributed by atoms with Crippen LogP contribution in [-0.4, -0.2) is 53.2 Å². The van der Waals surface area contributed by atoms with Gasteiger partial charge in [0, 0.05) is 19.0 Å². The number of carboxylic acids is 1. The lowest BCUT2D eigenvalue weighted by atomic mass is 9.74. The maximum atomic E-state index is 13.1. The lowest BCUT2D eigenvalue weighted by Crippen LogP contribution is -2.56. The van der Waals surface area contributed by atoms with Crippen molar-refractivity contribution in [2.75, 3.05) is 19.7 Å². The van der Waals surface area contributed by atoms with Crippen LogP contribution in [0, 0.1) is 5.92 Å². The fraction of sp³-hybridized carbons (Fsp3) is 0.464. The molecule has 35 heavy (non-hydrogen) atoms. The van der Waals surface area contributed by atoms with E-state index >= 15 is 0 Å². The third kappa shape index (κ3) is 5.19. The predicted molar refractivity (Wildman–Crippen MR) is 131 cm³/mol. The Balaban J connectivity index is 1.20. The molecule has 0 unspecified atom stereocenters. The van der Waals surface area contributed by atoms with E-state index in [1.807, 2.05) is 24.3 Å². The van der Waals surface area contributed by atoms with Gasteiger partial charge in [0.1, 0.15) is 6.61 Å². The standard InChI is InChI=1S/C28H32N2O5/c31-25(30(15-12-26(32)33)17-19-10-11-19)16-28(13-5-14-28)29-27(34)35-18-24-22-8-3-1-6-20(22)21-7-2-4-9-23(21)24/h1-4,6-9,19,24H,5,10-18H2,(H,29,34)(H,32,33). The van der Waals surface area contributed by atoms with Crippen LogP contribution >= 0.6 is 0 Å². The van der Waals surface area contributed by atoms with E-state index in [9.17, 15) is 14.4 Å². The highest BCUT2D eigenvalue weighted by Crippen LogP contribution is 2.44. The second-order valence-electron chi connectivity index (χ2n) is 10.2. The number of benzene rings is 2. The highest BCUT2D eigenvalue weighted by atomic mass is 16.5. The number of amides is 2. The first-order chi connectivity index (χ1) is 16.9. The lowest BCUT2D eigenvalue weighted by molar-refractivity contribution is -0.139. The minimum atomic E-state index is -0.909. The Morgan fingerprint density at radius 2 is 1.63 bits per heavy atom. The summed E-state index contributed by atoms with van der Waals surface area (Å²) in [5, 5.41) is 12.1. The summed E-state index contributed by atoms with van der Waals surface area (Å²) in [7, 11) is 0. The van der Waals surface area contributed by atoms with Crippen molar-refractivity contribution in [3.05, 3.63) is 59.7 Å². The van der Waals surface area contributed by atoms with Crippen molar-refractivity contribution >= 4 is 18.0 Å². The van der Waals surface area contributed by atoms with Crippen molar-refractivity contribution in [2.45, 2.75) is 56.4 Å². The fourth-order valence-corrected chi connectivity index (χ4v) is 5.36. The summed E-state index contributed by atoms with van der Waals surface area (Å²) in [5.74, 6) is -0.539. The van der Waals surface area contributed by atoms with E-state index < -0.39 is 17.6 Å². The van der Waals surface area contributed by atoms with Gasteiger partial charge in [-0.05, 0) is 60.3 Å². The zero-order chi connectivity index (χ0) is 24.4. The van der Waals surface area contributed by atoms with Gasteiger partial charge in [-0.25, -0.2) is 4.79 Å². The fourth-order valence-electron chi connectivity index (χ4n) is 5.36. The number of aliphatic carboxylic acids is 1. The summed E-state index contributed by atoms with van der Waals surface area (Å²) in [6, 6.07) is 16.4. The van der Waals surface area contributed by atoms with Crippen LogP contribution in [0.25, 0.3) is 11.1 Å². The zero-order valence-electron chi connectivity index (χ0n) is 19.9. The van der Waals surface area contributed by atoms with Gasteiger partial charge < -0.3 is 20.1 Å². The molecule has 3 aliphatic carbocycles. The molecular formula is C28H32N2O5. The number of alkyl carbamates (subject to hydrolysis) is 1. The minimum absolute atomic E-state index is 0.0165. The Hall–Kier alpha value is -3.35. The molecule has 0 aliphatic heterocycles. The number of carbonyl (C=O) groups is 3. The van der Waals surface area contributed by atoms with Gasteiger partial charge in [-0.3, -0.25) is 9.59 Å². The first kappa shape index (κ1) is 23.4. The largest absolute Gasteiger partial charge is 0.481 e. The smallest absolute Gasteiger partial charge is 0.407 e. The van der Waals surface area contributed by atoms with Gasteiger partial charge in [0.15, 0.2) is 0 Å². The molecule has 2 aromatic rings. The summed E-state index contributed by atoms with van der Waals surface area (Å²) in [5.41, 5.74) is 4.06. The second kappa shape index (κ2) is 9.72. The summed E-state index contributed by atoms with van der Waals surface area (Å²) in [6.45, 7) is 1.05. The normalized spacial score (nSPS) is 17.6. The van der Waals surface area contributed by atoms with Crippen LogP contribution in [0.3, 0.4) is 0 Å². The van der Waals surface area contributed by atoms with Crippen molar-refractivity contribution in [2.24, 2.45) is 5.92 Å². The number of rotatable bonds is 10. The van der Waals surface area contributed by atoms with Crippen molar-refractivity contribution < 1.29 is 24.2 Å². The maximum Gasteiger partial charge on any atom is 0.407 e. The Morgan fingerprint density at radius 1 is 1.00 bits per heavy atom. The van der Waals surface area contributed by atoms with E-state index in [0.29, 0.717) is 12.5 Å². The van der Waals surface area contributed by atoms with Crippen molar-refractivity contribution in [1.82, 2.24) is 10.2 Å². The first-order valence-electron chi connectivity index (χ1n) is 12.6. The minimum Gasteiger partial charge on any atom is -0.481 e. The Bertz CT molecular complexity index is 1080. The Morgan fingerprint density at radius 3 is 2.17 bits per heavy atom. The molecule has 0 saturated heterocycles. The van der Waals surface area contributed by atoms with Crippen molar-refractivity contribution in [1.29, 1.82) is 0 Å². The number of carbonyl (C=O) groups excluding carboxylic acids is 2. The Kier molecular flexibility index (Phi) is 6.50. The van der Waals surface area contributed by atoms with E-state index in [0.717, 1.165) is 43.2 Å². The molecule has 0 spiro atoms. The van der Waals surface area contributed by atoms with Gasteiger partial charge >= 0.3 is 12.1 Å². The molecule has 0 heterocycles. The molecule has 3 aliphatic rings. The van der Waals surface area contributed by atoms with E-state index in [1.54, 1.807) is 4.90 Å². The number of nitrogens with zero attached hydrogens (tertiary/aromatic N) is 1. The zero-order valence-corrected chi connectivity index (χ0v) is 19.9. The summed E-state index contributed by atoms with van der Waals surface area (Å²) in [4.78, 5) is 38.7. The monoisotopic (exact) mass is 476 g/mol.